The molecule has 4 N–H and O–H groups in total. The van der Waals surface area contributed by atoms with Gasteiger partial charge in [0.25, 0.3) is 11.8 Å². The zero-order chi connectivity index (χ0) is 28.5. The summed E-state index contributed by atoms with van der Waals surface area (Å²) in [5.41, 5.74) is 4.40. The molecule has 0 bridgehead atoms. The molecule has 0 fully saturated rings. The number of amides is 2. The lowest BCUT2D eigenvalue weighted by atomic mass is 9.90. The minimum absolute atomic E-state index is 0.292. The molecular formula is C34H36N2O4. The first-order valence-electron chi connectivity index (χ1n) is 13.5. The molecule has 0 aliphatic rings. The number of nitrogens with one attached hydrogen (secondary N) is 2. The Bertz CT molecular complexity index is 1300. The van der Waals surface area contributed by atoms with Crippen LogP contribution < -0.4 is 10.6 Å². The van der Waals surface area contributed by atoms with Gasteiger partial charge in [0.15, 0.2) is 0 Å². The second-order valence-electron chi connectivity index (χ2n) is 10.2. The predicted octanol–water partition coefficient (Wildman–Crippen LogP) is 4.41. The van der Waals surface area contributed by atoms with Gasteiger partial charge in [-0.3, -0.25) is 9.59 Å². The van der Waals surface area contributed by atoms with E-state index in [-0.39, 0.29) is 11.8 Å². The normalized spacial score (nSPS) is 14.0. The Hall–Kier alpha value is -4.26. The monoisotopic (exact) mass is 536 g/mol. The molecule has 0 spiro atoms. The lowest BCUT2D eigenvalue weighted by molar-refractivity contribution is -0.0219. The van der Waals surface area contributed by atoms with E-state index < -0.39 is 24.3 Å². The van der Waals surface area contributed by atoms with Crippen LogP contribution in [0.5, 0.6) is 0 Å². The minimum atomic E-state index is -1.38. The van der Waals surface area contributed by atoms with Crippen molar-refractivity contribution in [2.45, 2.75) is 51.0 Å². The number of benzene rings is 4. The van der Waals surface area contributed by atoms with E-state index in [1.807, 2.05) is 98.8 Å². The molecule has 40 heavy (non-hydrogen) atoms. The number of carbonyl (C=O) groups excluding carboxylic acids is 2. The summed E-state index contributed by atoms with van der Waals surface area (Å²) in [7, 11) is 0. The minimum Gasteiger partial charge on any atom is -0.388 e. The van der Waals surface area contributed by atoms with Crippen molar-refractivity contribution in [2.75, 3.05) is 0 Å². The number of carbonyl (C=O) groups is 2. The first-order valence-corrected chi connectivity index (χ1v) is 13.5. The van der Waals surface area contributed by atoms with Crippen LogP contribution in [0.4, 0.5) is 0 Å². The molecule has 4 aromatic carbocycles. The van der Waals surface area contributed by atoms with Crippen LogP contribution in [-0.2, 0) is 12.8 Å². The highest BCUT2D eigenvalue weighted by molar-refractivity contribution is 5.96. The van der Waals surface area contributed by atoms with Gasteiger partial charge in [0.1, 0.15) is 12.2 Å². The summed E-state index contributed by atoms with van der Waals surface area (Å²) in [5.74, 6) is -0.678. The molecule has 0 aromatic heterocycles. The maximum Gasteiger partial charge on any atom is 0.251 e. The zero-order valence-electron chi connectivity index (χ0n) is 22.8. The number of hydrogen-bond donors (Lipinski definition) is 4. The van der Waals surface area contributed by atoms with Gasteiger partial charge in [0, 0.05) is 11.1 Å². The highest BCUT2D eigenvalue weighted by Crippen LogP contribution is 2.17. The molecule has 0 aliphatic heterocycles. The highest BCUT2D eigenvalue weighted by atomic mass is 16.3. The van der Waals surface area contributed by atoms with E-state index in [1.54, 1.807) is 24.3 Å². The number of rotatable bonds is 11. The van der Waals surface area contributed by atoms with Crippen LogP contribution in [0.3, 0.4) is 0 Å². The molecular weight excluding hydrogens is 500 g/mol. The Morgan fingerprint density at radius 3 is 1.23 bits per heavy atom. The molecule has 2 amide bonds. The second kappa shape index (κ2) is 13.7. The molecule has 4 atom stereocenters. The van der Waals surface area contributed by atoms with Crippen LogP contribution in [-0.4, -0.2) is 46.3 Å². The van der Waals surface area contributed by atoms with E-state index in [9.17, 15) is 19.8 Å². The van der Waals surface area contributed by atoms with Crippen LogP contribution >= 0.6 is 0 Å². The molecule has 0 saturated heterocycles. The molecule has 0 aliphatic carbocycles. The SMILES string of the molecule is Cc1ccccc1C(=O)NC(Cc1ccccc1)C(O)C(O)C(Cc1ccccc1)NC(=O)c1ccccc1C. The summed E-state index contributed by atoms with van der Waals surface area (Å²) in [5, 5.41) is 29.1. The van der Waals surface area contributed by atoms with Crippen molar-refractivity contribution in [3.05, 3.63) is 143 Å². The molecule has 6 nitrogen and oxygen atoms in total. The average molecular weight is 537 g/mol. The third-order valence-corrected chi connectivity index (χ3v) is 7.18. The van der Waals surface area contributed by atoms with E-state index in [0.29, 0.717) is 24.0 Å². The molecule has 4 rings (SSSR count). The number of hydrogen-bond acceptors (Lipinski definition) is 4. The van der Waals surface area contributed by atoms with Crippen LogP contribution in [0.25, 0.3) is 0 Å². The topological polar surface area (TPSA) is 98.7 Å². The molecule has 6 heteroatoms. The lowest BCUT2D eigenvalue weighted by Gasteiger charge is -2.33. The van der Waals surface area contributed by atoms with Gasteiger partial charge in [-0.15, -0.1) is 0 Å². The molecule has 4 aromatic rings. The lowest BCUT2D eigenvalue weighted by Crippen LogP contribution is -2.57. The summed E-state index contributed by atoms with van der Waals surface area (Å²) < 4.78 is 0. The molecule has 0 radical (unpaired) electrons. The van der Waals surface area contributed by atoms with Crippen LogP contribution in [0.15, 0.2) is 109 Å². The fourth-order valence-corrected chi connectivity index (χ4v) is 4.87. The van der Waals surface area contributed by atoms with Crippen molar-refractivity contribution in [2.24, 2.45) is 0 Å². The van der Waals surface area contributed by atoms with Gasteiger partial charge in [0.05, 0.1) is 12.1 Å². The van der Waals surface area contributed by atoms with Gasteiger partial charge in [-0.25, -0.2) is 0 Å². The van der Waals surface area contributed by atoms with Crippen molar-refractivity contribution in [1.82, 2.24) is 10.6 Å². The van der Waals surface area contributed by atoms with Crippen LogP contribution in [0.1, 0.15) is 43.0 Å². The van der Waals surface area contributed by atoms with Crippen molar-refractivity contribution in [3.63, 3.8) is 0 Å². The van der Waals surface area contributed by atoms with Gasteiger partial charge >= 0.3 is 0 Å². The summed E-state index contributed by atoms with van der Waals surface area (Å²) in [6.07, 6.45) is -2.17. The maximum absolute atomic E-state index is 13.3. The van der Waals surface area contributed by atoms with E-state index in [4.69, 9.17) is 0 Å². The third-order valence-electron chi connectivity index (χ3n) is 7.18. The fraction of sp³-hybridized carbons (Fsp3) is 0.235. The summed E-state index contributed by atoms with van der Waals surface area (Å²) in [6, 6.07) is 31.8. The highest BCUT2D eigenvalue weighted by Gasteiger charge is 2.35. The van der Waals surface area contributed by atoms with Gasteiger partial charge < -0.3 is 20.8 Å². The largest absolute Gasteiger partial charge is 0.388 e. The third kappa shape index (κ3) is 7.44. The zero-order valence-corrected chi connectivity index (χ0v) is 22.8. The van der Waals surface area contributed by atoms with Gasteiger partial charge in [-0.1, -0.05) is 97.1 Å². The smallest absolute Gasteiger partial charge is 0.251 e. The standard InChI is InChI=1S/C34H36N2O4/c1-23-13-9-11-19-27(23)33(39)35-29(21-25-15-5-3-6-16-25)31(37)32(38)30(22-26-17-7-4-8-18-26)36-34(40)28-20-12-10-14-24(28)2/h3-20,29-32,37-38H,21-22H2,1-2H3,(H,35,39)(H,36,40). The van der Waals surface area contributed by atoms with Crippen molar-refractivity contribution < 1.29 is 19.8 Å². The molecule has 4 unspecified atom stereocenters. The van der Waals surface area contributed by atoms with Gasteiger partial charge in [0.2, 0.25) is 0 Å². The maximum atomic E-state index is 13.3. The van der Waals surface area contributed by atoms with E-state index in [2.05, 4.69) is 10.6 Å². The number of aryl methyl sites for hydroxylation is 2. The molecule has 0 heterocycles. The Morgan fingerprint density at radius 2 is 0.875 bits per heavy atom. The van der Waals surface area contributed by atoms with Gasteiger partial charge in [-0.2, -0.15) is 0 Å². The van der Waals surface area contributed by atoms with E-state index in [1.165, 1.54) is 0 Å². The summed E-state index contributed by atoms with van der Waals surface area (Å²) in [4.78, 5) is 26.6. The van der Waals surface area contributed by atoms with Crippen molar-refractivity contribution in [3.8, 4) is 0 Å². The summed E-state index contributed by atoms with van der Waals surface area (Å²) >= 11 is 0. The van der Waals surface area contributed by atoms with Crippen LogP contribution in [0.2, 0.25) is 0 Å². The average Bonchev–Trinajstić information content (AvgIpc) is 2.97. The Kier molecular flexibility index (Phi) is 9.84. The molecule has 206 valence electrons. The second-order valence-corrected chi connectivity index (χ2v) is 10.2. The first kappa shape index (κ1) is 28.7. The number of aliphatic hydroxyl groups is 2. The quantitative estimate of drug-likeness (QED) is 0.228. The first-order chi connectivity index (χ1) is 19.3. The fourth-order valence-electron chi connectivity index (χ4n) is 4.87. The summed E-state index contributed by atoms with van der Waals surface area (Å²) in [6.45, 7) is 3.70. The van der Waals surface area contributed by atoms with Crippen LogP contribution in [0, 0.1) is 13.8 Å². The van der Waals surface area contributed by atoms with Crippen molar-refractivity contribution in [1.29, 1.82) is 0 Å². The van der Waals surface area contributed by atoms with Crippen molar-refractivity contribution >= 4 is 11.8 Å². The number of aliphatic hydroxyl groups excluding tert-OH is 2. The van der Waals surface area contributed by atoms with E-state index >= 15 is 0 Å². The predicted molar refractivity (Wildman–Crippen MR) is 157 cm³/mol. The van der Waals surface area contributed by atoms with Gasteiger partial charge in [-0.05, 0) is 61.1 Å². The molecule has 0 saturated carbocycles. The Labute approximate surface area is 235 Å². The Morgan fingerprint density at radius 1 is 0.550 bits per heavy atom. The Balaban J connectivity index is 1.62. The van der Waals surface area contributed by atoms with E-state index in [0.717, 1.165) is 22.3 Å².